The maximum Gasteiger partial charge on any atom is 0.245 e. The molecule has 2 aliphatic heterocycles. The van der Waals surface area contributed by atoms with E-state index in [-0.39, 0.29) is 36.5 Å². The van der Waals surface area contributed by atoms with Gasteiger partial charge in [-0.2, -0.15) is 0 Å². The fourth-order valence-electron chi connectivity index (χ4n) is 6.52. The van der Waals surface area contributed by atoms with Crippen molar-refractivity contribution in [1.82, 2.24) is 9.80 Å². The molecule has 3 fully saturated rings. The van der Waals surface area contributed by atoms with Crippen LogP contribution >= 0.6 is 0 Å². The number of carbonyl (C=O) groups excluding carboxylic acids is 2. The van der Waals surface area contributed by atoms with E-state index >= 15 is 0 Å². The van der Waals surface area contributed by atoms with Crippen LogP contribution in [0.1, 0.15) is 62.5 Å². The second kappa shape index (κ2) is 11.5. The number of fused-ring (bicyclic) bond motifs is 1. The van der Waals surface area contributed by atoms with Crippen LogP contribution in [0, 0.1) is 5.92 Å². The van der Waals surface area contributed by atoms with Gasteiger partial charge < -0.3 is 19.6 Å². The molecule has 2 heterocycles. The van der Waals surface area contributed by atoms with E-state index in [9.17, 15) is 14.7 Å². The number of ether oxygens (including phenoxy) is 1. The Bertz CT molecular complexity index is 1040. The molecule has 0 unspecified atom stereocenters. The van der Waals surface area contributed by atoms with E-state index in [0.29, 0.717) is 31.9 Å². The third-order valence-electron chi connectivity index (χ3n) is 8.28. The van der Waals surface area contributed by atoms with Gasteiger partial charge in [-0.05, 0) is 61.6 Å². The topological polar surface area (TPSA) is 70.1 Å². The Kier molecular flexibility index (Phi) is 7.90. The molecule has 2 amide bonds. The van der Waals surface area contributed by atoms with Crippen LogP contribution in [0.25, 0.3) is 0 Å². The van der Waals surface area contributed by atoms with Crippen LogP contribution in [0.3, 0.4) is 0 Å². The van der Waals surface area contributed by atoms with E-state index in [4.69, 9.17) is 4.74 Å². The molecule has 0 radical (unpaired) electrons. The average molecular weight is 491 g/mol. The molecular weight excluding hydrogens is 452 g/mol. The Balaban J connectivity index is 1.18. The van der Waals surface area contributed by atoms with Crippen molar-refractivity contribution in [2.24, 2.45) is 5.92 Å². The van der Waals surface area contributed by atoms with Gasteiger partial charge >= 0.3 is 0 Å². The fraction of sp³-hybridized carbons (Fsp3) is 0.533. The summed E-state index contributed by atoms with van der Waals surface area (Å²) in [6.07, 6.45) is 7.58. The molecule has 192 valence electrons. The van der Waals surface area contributed by atoms with Crippen LogP contribution in [0.4, 0.5) is 0 Å². The van der Waals surface area contributed by atoms with Crippen LogP contribution in [-0.2, 0) is 16.0 Å². The summed E-state index contributed by atoms with van der Waals surface area (Å²) in [7, 11) is 0. The first-order valence-electron chi connectivity index (χ1n) is 13.6. The monoisotopic (exact) mass is 490 g/mol. The van der Waals surface area contributed by atoms with Gasteiger partial charge in [-0.1, -0.05) is 55.0 Å². The van der Waals surface area contributed by atoms with E-state index in [1.54, 1.807) is 0 Å². The highest BCUT2D eigenvalue weighted by Crippen LogP contribution is 2.42. The number of nitrogens with zero attached hydrogens (tertiary/aromatic N) is 2. The highest BCUT2D eigenvalue weighted by atomic mass is 16.5. The maximum atomic E-state index is 13.5. The number of carbonyl (C=O) groups is 2. The second-order valence-electron chi connectivity index (χ2n) is 10.5. The molecule has 1 N–H and O–H groups in total. The number of hydrogen-bond acceptors (Lipinski definition) is 4. The summed E-state index contributed by atoms with van der Waals surface area (Å²) >= 11 is 0. The smallest absolute Gasteiger partial charge is 0.245 e. The van der Waals surface area contributed by atoms with Crippen LogP contribution in [0.5, 0.6) is 5.75 Å². The molecule has 0 spiro atoms. The van der Waals surface area contributed by atoms with Crippen molar-refractivity contribution in [1.29, 1.82) is 0 Å². The lowest BCUT2D eigenvalue weighted by molar-refractivity contribution is -0.146. The molecule has 1 saturated carbocycles. The van der Waals surface area contributed by atoms with Gasteiger partial charge in [0.05, 0.1) is 19.3 Å². The number of aliphatic hydroxyl groups excluding tert-OH is 1. The van der Waals surface area contributed by atoms with Crippen LogP contribution in [-0.4, -0.2) is 64.6 Å². The molecular formula is C30H38N2O4. The Morgan fingerprint density at radius 2 is 1.78 bits per heavy atom. The zero-order chi connectivity index (χ0) is 24.9. The van der Waals surface area contributed by atoms with Gasteiger partial charge in [-0.15, -0.1) is 0 Å². The Morgan fingerprint density at radius 3 is 2.61 bits per heavy atom. The van der Waals surface area contributed by atoms with E-state index in [1.165, 1.54) is 5.56 Å². The highest BCUT2D eigenvalue weighted by molar-refractivity contribution is 5.89. The number of aliphatic hydroxyl groups is 1. The molecule has 0 bridgehead atoms. The third-order valence-corrected chi connectivity index (χ3v) is 8.28. The summed E-state index contributed by atoms with van der Waals surface area (Å²) in [5.74, 6) is 1.41. The predicted molar refractivity (Wildman–Crippen MR) is 139 cm³/mol. The Hall–Kier alpha value is -2.86. The van der Waals surface area contributed by atoms with E-state index < -0.39 is 0 Å². The number of likely N-dealkylation sites (tertiary alicyclic amines) is 2. The predicted octanol–water partition coefficient (Wildman–Crippen LogP) is 4.19. The summed E-state index contributed by atoms with van der Waals surface area (Å²) in [6.45, 7) is 1.16. The van der Waals surface area contributed by atoms with Crippen molar-refractivity contribution < 1.29 is 19.4 Å². The summed E-state index contributed by atoms with van der Waals surface area (Å²) in [6, 6.07) is 18.2. The van der Waals surface area contributed by atoms with Crippen molar-refractivity contribution in [2.75, 3.05) is 19.8 Å². The fourth-order valence-corrected chi connectivity index (χ4v) is 6.52. The first-order chi connectivity index (χ1) is 17.7. The summed E-state index contributed by atoms with van der Waals surface area (Å²) in [4.78, 5) is 30.7. The molecule has 36 heavy (non-hydrogen) atoms. The van der Waals surface area contributed by atoms with Crippen LogP contribution < -0.4 is 4.74 Å². The lowest BCUT2D eigenvalue weighted by Crippen LogP contribution is -2.51. The molecule has 2 aromatic rings. The molecule has 0 aromatic heterocycles. The number of amides is 2. The minimum Gasteiger partial charge on any atom is -0.493 e. The second-order valence-corrected chi connectivity index (χ2v) is 10.5. The van der Waals surface area contributed by atoms with Crippen molar-refractivity contribution in [3.05, 3.63) is 65.7 Å². The average Bonchev–Trinajstić information content (AvgIpc) is 3.63. The van der Waals surface area contributed by atoms with Crippen molar-refractivity contribution >= 4 is 11.8 Å². The van der Waals surface area contributed by atoms with Crippen molar-refractivity contribution in [3.8, 4) is 5.75 Å². The molecule has 2 saturated heterocycles. The lowest BCUT2D eigenvalue weighted by atomic mass is 10.0. The summed E-state index contributed by atoms with van der Waals surface area (Å²) in [5.41, 5.74) is 2.37. The molecule has 4 atom stereocenters. The van der Waals surface area contributed by atoms with E-state index in [1.807, 2.05) is 46.2 Å². The van der Waals surface area contributed by atoms with Crippen molar-refractivity contribution in [2.45, 2.75) is 75.9 Å². The number of para-hydroxylation sites is 1. The number of rotatable bonds is 9. The zero-order valence-corrected chi connectivity index (χ0v) is 21.1. The first-order valence-corrected chi connectivity index (χ1v) is 13.6. The van der Waals surface area contributed by atoms with Gasteiger partial charge in [-0.3, -0.25) is 9.59 Å². The highest BCUT2D eigenvalue weighted by Gasteiger charge is 2.50. The molecule has 3 aliphatic rings. The zero-order valence-electron chi connectivity index (χ0n) is 21.1. The summed E-state index contributed by atoms with van der Waals surface area (Å²) < 4.78 is 6.12. The van der Waals surface area contributed by atoms with Crippen molar-refractivity contribution in [3.63, 3.8) is 0 Å². The summed E-state index contributed by atoms with van der Waals surface area (Å²) in [5, 5.41) is 9.72. The Labute approximate surface area is 214 Å². The molecule has 2 aromatic carbocycles. The molecule has 6 nitrogen and oxygen atoms in total. The Morgan fingerprint density at radius 1 is 0.972 bits per heavy atom. The molecule has 1 aliphatic carbocycles. The molecule has 6 heteroatoms. The normalized spacial score (nSPS) is 25.2. The lowest BCUT2D eigenvalue weighted by Gasteiger charge is -2.33. The minimum absolute atomic E-state index is 0.00233. The largest absolute Gasteiger partial charge is 0.493 e. The first kappa shape index (κ1) is 24.8. The third kappa shape index (κ3) is 5.29. The van der Waals surface area contributed by atoms with E-state index in [2.05, 4.69) is 18.2 Å². The minimum atomic E-state index is -0.368. The molecule has 5 rings (SSSR count). The maximum absolute atomic E-state index is 13.5. The van der Waals surface area contributed by atoms with Gasteiger partial charge in [0, 0.05) is 25.4 Å². The standard InChI is InChI=1S/C30H38N2O4/c33-21-25-13-7-17-31(25)30(35)27-20-23-12-6-14-26(23)32(27)29(34)16-8-18-36-28-15-5-4-11-24(28)19-22-9-2-1-3-10-22/h1-5,9-11,15,23,25-27,33H,6-8,12-14,16-21H2/t23-,25-,26-,27-/m0/s1. The van der Waals surface area contributed by atoms with Gasteiger partial charge in [0.25, 0.3) is 0 Å². The number of benzene rings is 2. The van der Waals surface area contributed by atoms with Gasteiger partial charge in [0.1, 0.15) is 11.8 Å². The van der Waals surface area contributed by atoms with Crippen LogP contribution in [0.15, 0.2) is 54.6 Å². The number of hydrogen-bond donors (Lipinski definition) is 1. The van der Waals surface area contributed by atoms with Gasteiger partial charge in [-0.25, -0.2) is 0 Å². The van der Waals surface area contributed by atoms with E-state index in [0.717, 1.165) is 56.3 Å². The SMILES string of the molecule is O=C([C@@H]1C[C@@H]2CCC[C@@H]2N1C(=O)CCCOc1ccccc1Cc1ccccc1)N1CCC[C@H]1CO. The van der Waals surface area contributed by atoms with Gasteiger partial charge in [0.15, 0.2) is 0 Å². The quantitative estimate of drug-likeness (QED) is 0.535. The van der Waals surface area contributed by atoms with Crippen LogP contribution in [0.2, 0.25) is 0 Å². The van der Waals surface area contributed by atoms with Gasteiger partial charge in [0.2, 0.25) is 11.8 Å².